The molecule has 0 aliphatic carbocycles. The zero-order chi connectivity index (χ0) is 22.5. The number of benzene rings is 1. The van der Waals surface area contributed by atoms with Crippen molar-refractivity contribution >= 4 is 10.8 Å². The van der Waals surface area contributed by atoms with Gasteiger partial charge in [0, 0.05) is 30.7 Å². The number of aromatic nitrogens is 2. The highest BCUT2D eigenvalue weighted by atomic mass is 16.5. The van der Waals surface area contributed by atoms with Crippen LogP contribution in [-0.4, -0.2) is 43.0 Å². The molecule has 0 atom stereocenters. The number of hydrogen-bond acceptors (Lipinski definition) is 6. The summed E-state index contributed by atoms with van der Waals surface area (Å²) in [6.45, 7) is 4.66. The first-order valence-electron chi connectivity index (χ1n) is 11.3. The van der Waals surface area contributed by atoms with Crippen LogP contribution in [0.15, 0.2) is 41.6 Å². The van der Waals surface area contributed by atoms with E-state index in [1.807, 2.05) is 24.4 Å². The van der Waals surface area contributed by atoms with Crippen molar-refractivity contribution in [1.82, 2.24) is 14.9 Å². The summed E-state index contributed by atoms with van der Waals surface area (Å²) in [5.41, 5.74) is 1.82. The summed E-state index contributed by atoms with van der Waals surface area (Å²) in [5.74, 6) is 1.86. The summed E-state index contributed by atoms with van der Waals surface area (Å²) in [6, 6.07) is 5.81. The molecule has 1 aliphatic heterocycles. The van der Waals surface area contributed by atoms with E-state index in [-0.39, 0.29) is 11.7 Å². The fraction of sp³-hybridized carbons (Fsp3) is 0.440. The predicted molar refractivity (Wildman–Crippen MR) is 126 cm³/mol. The smallest absolute Gasteiger partial charge is 0.260 e. The zero-order valence-corrected chi connectivity index (χ0v) is 19.0. The van der Waals surface area contributed by atoms with Gasteiger partial charge >= 0.3 is 0 Å². The Morgan fingerprint density at radius 1 is 1.12 bits per heavy atom. The third-order valence-corrected chi connectivity index (χ3v) is 5.98. The molecule has 0 amide bonds. The van der Waals surface area contributed by atoms with Gasteiger partial charge in [0.05, 0.1) is 19.6 Å². The van der Waals surface area contributed by atoms with Gasteiger partial charge in [-0.25, -0.2) is 0 Å². The molecule has 0 unspecified atom stereocenters. The predicted octanol–water partition coefficient (Wildman–Crippen LogP) is 4.01. The Morgan fingerprint density at radius 2 is 1.84 bits per heavy atom. The van der Waals surface area contributed by atoms with Crippen LogP contribution in [0.4, 0.5) is 0 Å². The molecule has 0 bridgehead atoms. The Hall–Kier alpha value is -3.06. The number of piperidine rings is 1. The van der Waals surface area contributed by atoms with Crippen molar-refractivity contribution in [1.29, 1.82) is 0 Å². The Bertz CT molecular complexity index is 1110. The molecule has 1 N–H and O–H groups in total. The van der Waals surface area contributed by atoms with E-state index in [1.165, 1.54) is 0 Å². The first-order chi connectivity index (χ1) is 15.7. The van der Waals surface area contributed by atoms with Gasteiger partial charge in [-0.3, -0.25) is 9.78 Å². The molecule has 7 nitrogen and oxygen atoms in total. The lowest BCUT2D eigenvalue weighted by Gasteiger charge is -2.26. The second kappa shape index (κ2) is 10.0. The summed E-state index contributed by atoms with van der Waals surface area (Å²) >= 11 is 0. The number of ether oxygens (including phenoxy) is 3. The zero-order valence-electron chi connectivity index (χ0n) is 19.0. The largest absolute Gasteiger partial charge is 0.493 e. The molecule has 3 aromatic rings. The van der Waals surface area contributed by atoms with Gasteiger partial charge in [0.1, 0.15) is 6.10 Å². The lowest BCUT2D eigenvalue weighted by Crippen LogP contribution is -2.34. The van der Waals surface area contributed by atoms with E-state index in [0.717, 1.165) is 55.3 Å². The van der Waals surface area contributed by atoms with Crippen LogP contribution in [0.25, 0.3) is 21.9 Å². The van der Waals surface area contributed by atoms with Crippen LogP contribution in [0, 0.1) is 0 Å². The lowest BCUT2D eigenvalue weighted by molar-refractivity contribution is 0.151. The fourth-order valence-corrected chi connectivity index (χ4v) is 4.19. The highest BCUT2D eigenvalue weighted by Gasteiger charge is 2.22. The molecule has 32 heavy (non-hydrogen) atoms. The number of nitrogens with zero attached hydrogens (tertiary/aromatic N) is 2. The Labute approximate surface area is 188 Å². The minimum absolute atomic E-state index is 0.0184. The monoisotopic (exact) mass is 437 g/mol. The Balaban J connectivity index is 1.84. The molecule has 4 rings (SSSR count). The van der Waals surface area contributed by atoms with Crippen LogP contribution < -0.4 is 25.1 Å². The second-order valence-electron chi connectivity index (χ2n) is 8.09. The van der Waals surface area contributed by atoms with E-state index in [1.54, 1.807) is 31.2 Å². The first kappa shape index (κ1) is 22.1. The van der Waals surface area contributed by atoms with Crippen LogP contribution in [0.5, 0.6) is 17.2 Å². The topological polar surface area (TPSA) is 74.6 Å². The lowest BCUT2D eigenvalue weighted by atomic mass is 10.0. The quantitative estimate of drug-likeness (QED) is 0.574. The van der Waals surface area contributed by atoms with Crippen molar-refractivity contribution in [2.45, 2.75) is 45.3 Å². The Morgan fingerprint density at radius 3 is 2.50 bits per heavy atom. The summed E-state index contributed by atoms with van der Waals surface area (Å²) in [5, 5.41) is 4.82. The van der Waals surface area contributed by atoms with Crippen LogP contribution in [-0.2, 0) is 6.54 Å². The second-order valence-corrected chi connectivity index (χ2v) is 8.09. The summed E-state index contributed by atoms with van der Waals surface area (Å²) in [7, 11) is 3.27. The van der Waals surface area contributed by atoms with Crippen LogP contribution >= 0.6 is 0 Å². The molecular weight excluding hydrogens is 406 g/mol. The highest BCUT2D eigenvalue weighted by Crippen LogP contribution is 2.43. The standard InChI is InChI=1S/C25H31N3O4/c1-4-5-12-28-16-21(19-8-11-27-15-20(19)25(28)29)17-13-22(30-2)24(23(14-17)31-3)32-18-6-9-26-10-7-18/h8,11,13-16,18,26H,4-7,9-10,12H2,1-3H3. The number of pyridine rings is 2. The molecule has 1 aliphatic rings. The van der Waals surface area contributed by atoms with Crippen molar-refractivity contribution in [3.63, 3.8) is 0 Å². The number of hydrogen-bond donors (Lipinski definition) is 1. The molecular formula is C25H31N3O4. The van der Waals surface area contributed by atoms with Crippen LogP contribution in [0.3, 0.4) is 0 Å². The minimum Gasteiger partial charge on any atom is -0.493 e. The number of nitrogens with one attached hydrogen (secondary N) is 1. The van der Waals surface area contributed by atoms with Gasteiger partial charge in [0.2, 0.25) is 5.75 Å². The fourth-order valence-electron chi connectivity index (χ4n) is 4.19. The minimum atomic E-state index is -0.0184. The van der Waals surface area contributed by atoms with Crippen molar-refractivity contribution in [3.05, 3.63) is 47.1 Å². The van der Waals surface area contributed by atoms with E-state index in [9.17, 15) is 4.79 Å². The van der Waals surface area contributed by atoms with Crippen molar-refractivity contribution in [3.8, 4) is 28.4 Å². The van der Waals surface area contributed by atoms with E-state index in [2.05, 4.69) is 17.2 Å². The molecule has 0 radical (unpaired) electrons. The molecule has 1 saturated heterocycles. The van der Waals surface area contributed by atoms with E-state index in [4.69, 9.17) is 14.2 Å². The summed E-state index contributed by atoms with van der Waals surface area (Å²) in [6.07, 6.45) is 9.23. The molecule has 0 spiro atoms. The number of rotatable bonds is 8. The molecule has 1 aromatic carbocycles. The third kappa shape index (κ3) is 4.43. The average Bonchev–Trinajstić information content (AvgIpc) is 2.84. The van der Waals surface area contributed by atoms with Gasteiger partial charge in [0.15, 0.2) is 11.5 Å². The highest BCUT2D eigenvalue weighted by molar-refractivity contribution is 5.96. The third-order valence-electron chi connectivity index (χ3n) is 5.98. The average molecular weight is 438 g/mol. The number of fused-ring (bicyclic) bond motifs is 1. The van der Waals surface area contributed by atoms with Crippen molar-refractivity contribution in [2.24, 2.45) is 0 Å². The maximum Gasteiger partial charge on any atom is 0.260 e. The Kier molecular flexibility index (Phi) is 6.95. The molecule has 7 heteroatoms. The van der Waals surface area contributed by atoms with Crippen molar-refractivity contribution in [2.75, 3.05) is 27.3 Å². The van der Waals surface area contributed by atoms with Gasteiger partial charge in [-0.1, -0.05) is 13.3 Å². The molecule has 3 heterocycles. The SMILES string of the molecule is CCCCn1cc(-c2cc(OC)c(OC3CCNCC3)c(OC)c2)c2ccncc2c1=O. The van der Waals surface area contributed by atoms with Crippen LogP contribution in [0.1, 0.15) is 32.6 Å². The van der Waals surface area contributed by atoms with Gasteiger partial charge in [-0.05, 0) is 61.5 Å². The number of methoxy groups -OCH3 is 2. The van der Waals surface area contributed by atoms with Crippen molar-refractivity contribution < 1.29 is 14.2 Å². The summed E-state index contributed by atoms with van der Waals surface area (Å²) in [4.78, 5) is 17.2. The van der Waals surface area contributed by atoms with Gasteiger partial charge in [0.25, 0.3) is 5.56 Å². The molecule has 1 fully saturated rings. The van der Waals surface area contributed by atoms with Gasteiger partial charge < -0.3 is 24.1 Å². The normalized spacial score (nSPS) is 14.5. The molecule has 0 saturated carbocycles. The number of aryl methyl sites for hydroxylation is 1. The van der Waals surface area contributed by atoms with E-state index >= 15 is 0 Å². The van der Waals surface area contributed by atoms with Gasteiger partial charge in [-0.15, -0.1) is 0 Å². The van der Waals surface area contributed by atoms with Crippen LogP contribution in [0.2, 0.25) is 0 Å². The first-order valence-corrected chi connectivity index (χ1v) is 11.3. The maximum atomic E-state index is 13.0. The number of unbranched alkanes of at least 4 members (excludes halogenated alkanes) is 1. The van der Waals surface area contributed by atoms with E-state index in [0.29, 0.717) is 29.2 Å². The molecule has 170 valence electrons. The summed E-state index contributed by atoms with van der Waals surface area (Å²) < 4.78 is 19.5. The molecule has 2 aromatic heterocycles. The van der Waals surface area contributed by atoms with Gasteiger partial charge in [-0.2, -0.15) is 0 Å². The maximum absolute atomic E-state index is 13.0. The van der Waals surface area contributed by atoms with E-state index < -0.39 is 0 Å².